The average molecular weight is 382 g/mol. The molecule has 0 N–H and O–H groups in total. The van der Waals surface area contributed by atoms with E-state index < -0.39 is 9.84 Å². The van der Waals surface area contributed by atoms with Gasteiger partial charge in [0.15, 0.2) is 9.84 Å². The monoisotopic (exact) mass is 381 g/mol. The van der Waals surface area contributed by atoms with Crippen LogP contribution < -0.4 is 4.90 Å². The van der Waals surface area contributed by atoms with E-state index in [9.17, 15) is 13.2 Å². The Kier molecular flexibility index (Phi) is 5.21. The lowest BCUT2D eigenvalue weighted by Crippen LogP contribution is -2.60. The van der Waals surface area contributed by atoms with E-state index in [-0.39, 0.29) is 35.4 Å². The minimum absolute atomic E-state index is 0.0374. The summed E-state index contributed by atoms with van der Waals surface area (Å²) >= 11 is 0. The highest BCUT2D eigenvalue weighted by Gasteiger charge is 2.48. The number of carbonyl (C=O) groups is 1. The minimum atomic E-state index is -3.14. The molecular formula is C17H27N5O3S. The van der Waals surface area contributed by atoms with Crippen LogP contribution in [0.5, 0.6) is 0 Å². The fourth-order valence-corrected chi connectivity index (χ4v) is 5.73. The van der Waals surface area contributed by atoms with Crippen molar-refractivity contribution in [1.82, 2.24) is 19.8 Å². The summed E-state index contributed by atoms with van der Waals surface area (Å²) in [6.45, 7) is 5.52. The van der Waals surface area contributed by atoms with E-state index in [0.29, 0.717) is 25.6 Å². The molecule has 0 spiro atoms. The van der Waals surface area contributed by atoms with Crippen LogP contribution in [-0.4, -0.2) is 84.9 Å². The Morgan fingerprint density at radius 2 is 1.81 bits per heavy atom. The van der Waals surface area contributed by atoms with Crippen LogP contribution in [0.15, 0.2) is 12.4 Å². The first kappa shape index (κ1) is 19.0. The molecule has 1 aromatic heterocycles. The van der Waals surface area contributed by atoms with Gasteiger partial charge in [-0.25, -0.2) is 18.4 Å². The summed E-state index contributed by atoms with van der Waals surface area (Å²) in [4.78, 5) is 26.9. The summed E-state index contributed by atoms with van der Waals surface area (Å²) in [5.74, 6) is 0.717. The summed E-state index contributed by atoms with van der Waals surface area (Å²) in [5, 5.41) is 0. The van der Waals surface area contributed by atoms with Crippen molar-refractivity contribution in [3.8, 4) is 0 Å². The number of anilines is 1. The fraction of sp³-hybridized carbons (Fsp3) is 0.706. The number of piperazine rings is 1. The van der Waals surface area contributed by atoms with Crippen LogP contribution in [0, 0.1) is 5.92 Å². The van der Waals surface area contributed by atoms with Crippen molar-refractivity contribution in [3.05, 3.63) is 18.0 Å². The molecule has 0 unspecified atom stereocenters. The van der Waals surface area contributed by atoms with Crippen LogP contribution in [0.3, 0.4) is 0 Å². The normalized spacial score (nSPS) is 25.3. The Morgan fingerprint density at radius 1 is 1.19 bits per heavy atom. The molecule has 2 aliphatic rings. The molecule has 9 heteroatoms. The van der Waals surface area contributed by atoms with E-state index in [0.717, 1.165) is 5.56 Å². The number of nitrogens with zero attached hydrogens (tertiary/aromatic N) is 5. The SMILES string of the molecule is CC(C)C(=O)N1CCN(Cc2cnc(N(C)C)nc2)[C@H]2CS(=O)(=O)C[C@H]21. The van der Waals surface area contributed by atoms with Crippen molar-refractivity contribution in [1.29, 1.82) is 0 Å². The Morgan fingerprint density at radius 3 is 2.38 bits per heavy atom. The summed E-state index contributed by atoms with van der Waals surface area (Å²) in [5.41, 5.74) is 0.947. The first-order valence-electron chi connectivity index (χ1n) is 8.91. The number of carbonyl (C=O) groups excluding carboxylic acids is 1. The van der Waals surface area contributed by atoms with Gasteiger partial charge in [0.1, 0.15) is 0 Å². The molecule has 0 aliphatic carbocycles. The van der Waals surface area contributed by atoms with Gasteiger partial charge in [-0.15, -0.1) is 0 Å². The van der Waals surface area contributed by atoms with E-state index in [4.69, 9.17) is 0 Å². The quantitative estimate of drug-likeness (QED) is 0.726. The Balaban J connectivity index is 1.78. The van der Waals surface area contributed by atoms with Crippen molar-refractivity contribution < 1.29 is 13.2 Å². The van der Waals surface area contributed by atoms with Gasteiger partial charge in [0.05, 0.1) is 17.5 Å². The molecule has 0 radical (unpaired) electrons. The lowest BCUT2D eigenvalue weighted by Gasteiger charge is -2.44. The summed E-state index contributed by atoms with van der Waals surface area (Å²) in [6.07, 6.45) is 3.57. The zero-order chi connectivity index (χ0) is 19.1. The summed E-state index contributed by atoms with van der Waals surface area (Å²) < 4.78 is 24.5. The molecule has 2 aliphatic heterocycles. The molecular weight excluding hydrogens is 354 g/mol. The predicted octanol–water partition coefficient (Wildman–Crippen LogP) is 0.00840. The molecule has 2 atom stereocenters. The molecule has 3 rings (SSSR count). The molecule has 0 aromatic carbocycles. The van der Waals surface area contributed by atoms with Crippen molar-refractivity contribution in [2.24, 2.45) is 5.92 Å². The Labute approximate surface area is 155 Å². The van der Waals surface area contributed by atoms with E-state index in [2.05, 4.69) is 14.9 Å². The standard InChI is InChI=1S/C17H27N5O3S/c1-12(2)16(23)22-6-5-21(14-10-26(24,25)11-15(14)22)9-13-7-18-17(19-8-13)20(3)4/h7-8,12,14-15H,5-6,9-11H2,1-4H3/t14-,15+/m0/s1. The highest BCUT2D eigenvalue weighted by atomic mass is 32.2. The second-order valence-corrected chi connectivity index (χ2v) is 9.81. The first-order valence-corrected chi connectivity index (χ1v) is 10.7. The molecule has 26 heavy (non-hydrogen) atoms. The number of rotatable bonds is 4. The molecule has 8 nitrogen and oxygen atoms in total. The van der Waals surface area contributed by atoms with Crippen molar-refractivity contribution in [2.45, 2.75) is 32.5 Å². The number of fused-ring (bicyclic) bond motifs is 1. The third kappa shape index (κ3) is 3.83. The van der Waals surface area contributed by atoms with Crippen molar-refractivity contribution >= 4 is 21.7 Å². The molecule has 0 saturated carbocycles. The summed E-state index contributed by atoms with van der Waals surface area (Å²) in [6, 6.07) is -0.421. The lowest BCUT2D eigenvalue weighted by molar-refractivity contribution is -0.140. The predicted molar refractivity (Wildman–Crippen MR) is 99.5 cm³/mol. The highest BCUT2D eigenvalue weighted by molar-refractivity contribution is 7.91. The second kappa shape index (κ2) is 7.11. The van der Waals surface area contributed by atoms with Gasteiger partial charge in [0.2, 0.25) is 11.9 Å². The number of sulfone groups is 1. The number of amides is 1. The molecule has 3 heterocycles. The van der Waals surface area contributed by atoms with Crippen molar-refractivity contribution in [3.63, 3.8) is 0 Å². The van der Waals surface area contributed by atoms with Crippen LogP contribution in [0.4, 0.5) is 5.95 Å². The van der Waals surface area contributed by atoms with Crippen molar-refractivity contribution in [2.75, 3.05) is 43.6 Å². The zero-order valence-electron chi connectivity index (χ0n) is 15.8. The second-order valence-electron chi connectivity index (χ2n) is 7.65. The van der Waals surface area contributed by atoms with Crippen LogP contribution in [0.2, 0.25) is 0 Å². The number of aromatic nitrogens is 2. The van der Waals surface area contributed by atoms with Gasteiger partial charge < -0.3 is 9.80 Å². The van der Waals surface area contributed by atoms with Gasteiger partial charge >= 0.3 is 0 Å². The number of hydrogen-bond donors (Lipinski definition) is 0. The van der Waals surface area contributed by atoms with Crippen LogP contribution in [-0.2, 0) is 21.2 Å². The molecule has 1 aromatic rings. The topological polar surface area (TPSA) is 86.7 Å². The lowest BCUT2D eigenvalue weighted by atomic mass is 10.0. The molecule has 1 amide bonds. The number of hydrogen-bond acceptors (Lipinski definition) is 7. The van der Waals surface area contributed by atoms with Gasteiger partial charge in [-0.1, -0.05) is 13.8 Å². The minimum Gasteiger partial charge on any atom is -0.347 e. The first-order chi connectivity index (χ1) is 12.2. The maximum absolute atomic E-state index is 12.5. The van der Waals surface area contributed by atoms with Crippen LogP contribution in [0.25, 0.3) is 0 Å². The molecule has 2 saturated heterocycles. The van der Waals surface area contributed by atoms with E-state index >= 15 is 0 Å². The average Bonchev–Trinajstić information content (AvgIpc) is 2.90. The van der Waals surface area contributed by atoms with E-state index in [1.54, 1.807) is 17.3 Å². The Bertz CT molecular complexity index is 763. The smallest absolute Gasteiger partial charge is 0.225 e. The largest absolute Gasteiger partial charge is 0.347 e. The van der Waals surface area contributed by atoms with Crippen LogP contribution >= 0.6 is 0 Å². The van der Waals surface area contributed by atoms with Gasteiger partial charge in [0, 0.05) is 63.6 Å². The van der Waals surface area contributed by atoms with Crippen LogP contribution in [0.1, 0.15) is 19.4 Å². The van der Waals surface area contributed by atoms with Gasteiger partial charge in [0.25, 0.3) is 0 Å². The third-order valence-corrected chi connectivity index (χ3v) is 6.74. The molecule has 2 fully saturated rings. The van der Waals surface area contributed by atoms with E-state index in [1.165, 1.54) is 0 Å². The van der Waals surface area contributed by atoms with Gasteiger partial charge in [-0.05, 0) is 0 Å². The third-order valence-electron chi connectivity index (χ3n) is 5.05. The highest BCUT2D eigenvalue weighted by Crippen LogP contribution is 2.29. The maximum atomic E-state index is 12.5. The van der Waals surface area contributed by atoms with Gasteiger partial charge in [-0.2, -0.15) is 0 Å². The molecule has 144 valence electrons. The Hall–Kier alpha value is -1.74. The van der Waals surface area contributed by atoms with Gasteiger partial charge in [-0.3, -0.25) is 9.69 Å². The molecule has 0 bridgehead atoms. The van der Waals surface area contributed by atoms with E-state index in [1.807, 2.05) is 32.8 Å². The zero-order valence-corrected chi connectivity index (χ0v) is 16.6. The fourth-order valence-electron chi connectivity index (χ4n) is 3.72. The maximum Gasteiger partial charge on any atom is 0.225 e. The summed E-state index contributed by atoms with van der Waals surface area (Å²) in [7, 11) is 0.628.